The third kappa shape index (κ3) is 15.6. The lowest BCUT2D eigenvalue weighted by atomic mass is 10.0. The molecule has 0 radical (unpaired) electrons. The van der Waals surface area contributed by atoms with Gasteiger partial charge in [0, 0.05) is 133 Å². The number of rotatable bonds is 12. The van der Waals surface area contributed by atoms with Gasteiger partial charge < -0.3 is 15.3 Å². The summed E-state index contributed by atoms with van der Waals surface area (Å²) in [5, 5.41) is 22.0. The van der Waals surface area contributed by atoms with E-state index in [4.69, 9.17) is 10.1 Å². The molecule has 0 unspecified atom stereocenters. The number of carbonyl (C=O) groups is 4. The van der Waals surface area contributed by atoms with E-state index in [9.17, 15) is 28.0 Å². The van der Waals surface area contributed by atoms with E-state index in [2.05, 4.69) is 111 Å². The van der Waals surface area contributed by atoms with Gasteiger partial charge in [0.25, 0.3) is 0 Å². The Balaban J connectivity index is 0.000000195. The number of halogens is 5. The molecule has 85 heavy (non-hydrogen) atoms. The van der Waals surface area contributed by atoms with Crippen LogP contribution in [-0.4, -0.2) is 132 Å². The number of nitrogens with zero attached hydrogens (tertiary/aromatic N) is 13. The maximum atomic E-state index is 14.7. The normalized spacial score (nSPS) is 17.6. The topological polar surface area (TPSA) is 241 Å². The second-order valence-corrected chi connectivity index (χ2v) is 21.3. The van der Waals surface area contributed by atoms with Crippen LogP contribution in [0.5, 0.6) is 0 Å². The number of aliphatic imine (C=N–C) groups is 2. The Morgan fingerprint density at radius 3 is 1.58 bits per heavy atom. The molecule has 0 bridgehead atoms. The number of ketones is 2. The van der Waals surface area contributed by atoms with Crippen LogP contribution < -0.4 is 5.32 Å². The number of carboxylic acid groups (broad SMARTS) is 1. The fourth-order valence-corrected chi connectivity index (χ4v) is 10.7. The first-order chi connectivity index (χ1) is 39.9. The molecule has 8 aromatic rings. The number of aliphatic carboxylic acids is 1. The van der Waals surface area contributed by atoms with Crippen molar-refractivity contribution >= 4 is 148 Å². The van der Waals surface area contributed by atoms with E-state index >= 15 is 0 Å². The number of nitrogens with one attached hydrogen (secondary N) is 1. The summed E-state index contributed by atoms with van der Waals surface area (Å²) in [4.78, 5) is 85.3. The molecule has 6 aromatic heterocycles. The first-order valence-corrected chi connectivity index (χ1v) is 29.0. The summed E-state index contributed by atoms with van der Waals surface area (Å²) >= 11 is 14.1. The summed E-state index contributed by atoms with van der Waals surface area (Å²) in [6.07, 6.45) is 11.0. The number of hydrogen-bond donors (Lipinski definition) is 2. The van der Waals surface area contributed by atoms with Crippen LogP contribution in [0.25, 0.3) is 55.5 Å². The van der Waals surface area contributed by atoms with E-state index in [-0.39, 0.29) is 86.9 Å². The Bertz CT molecular complexity index is 3940. The van der Waals surface area contributed by atoms with Gasteiger partial charge in [-0.1, -0.05) is 36.4 Å². The molecule has 4 aliphatic rings. The Labute approximate surface area is 526 Å². The highest BCUT2D eigenvalue weighted by atomic mass is 79.9. The summed E-state index contributed by atoms with van der Waals surface area (Å²) < 4.78 is 32.2. The van der Waals surface area contributed by atoms with E-state index in [0.29, 0.717) is 68.8 Å². The molecule has 2 fully saturated rings. The van der Waals surface area contributed by atoms with Crippen LogP contribution in [0, 0.1) is 13.8 Å². The number of carboxylic acids is 1. The summed E-state index contributed by atoms with van der Waals surface area (Å²) in [7, 11) is 0. The number of aryl methyl sites for hydroxylation is 2. The molecule has 0 spiro atoms. The first kappa shape index (κ1) is 65.3. The molecule has 12 rings (SSSR count). The van der Waals surface area contributed by atoms with Gasteiger partial charge in [0.1, 0.15) is 57.7 Å². The van der Waals surface area contributed by atoms with Crippen LogP contribution in [0.15, 0.2) is 129 Å². The number of likely N-dealkylation sites (tertiary alicyclic amines) is 1. The molecule has 440 valence electrons. The van der Waals surface area contributed by atoms with Gasteiger partial charge in [-0.15, -0.1) is 12.4 Å². The number of alkyl halides is 2. The molecule has 0 saturated carbocycles. The van der Waals surface area contributed by atoms with E-state index in [1.165, 1.54) is 23.2 Å². The maximum absolute atomic E-state index is 14.7. The highest BCUT2D eigenvalue weighted by Crippen LogP contribution is 2.33. The molecule has 19 nitrogen and oxygen atoms in total. The van der Waals surface area contributed by atoms with Crippen molar-refractivity contribution in [2.24, 2.45) is 9.98 Å². The number of aromatic nitrogens is 10. The largest absolute Gasteiger partial charge is 0.480 e. The summed E-state index contributed by atoms with van der Waals surface area (Å²) in [5.41, 5.74) is 10.0. The quantitative estimate of drug-likeness (QED) is 0.0854. The molecule has 0 aliphatic carbocycles. The second-order valence-electron chi connectivity index (χ2n) is 19.7. The maximum Gasteiger partial charge on any atom is 0.325 e. The lowest BCUT2D eigenvalue weighted by Crippen LogP contribution is -2.42. The number of fused-ring (bicyclic) bond motifs is 2. The van der Waals surface area contributed by atoms with Crippen molar-refractivity contribution in [3.8, 4) is 22.3 Å². The Hall–Kier alpha value is -7.20. The molecule has 2 N–H and O–H groups in total. The monoisotopic (exact) mass is 1350 g/mol. The van der Waals surface area contributed by atoms with Crippen molar-refractivity contribution < 1.29 is 33.1 Å². The van der Waals surface area contributed by atoms with Gasteiger partial charge in [0.2, 0.25) is 5.91 Å². The second kappa shape index (κ2) is 29.3. The van der Waals surface area contributed by atoms with E-state index in [0.717, 1.165) is 56.1 Å². The zero-order chi connectivity index (χ0) is 59.1. The molecular formula is C58H55Br2ClF2N14O5S3. The van der Waals surface area contributed by atoms with E-state index in [1.54, 1.807) is 42.7 Å². The minimum atomic E-state index is -1.15. The van der Waals surface area contributed by atoms with Gasteiger partial charge >= 0.3 is 5.97 Å². The number of pyridine rings is 2. The van der Waals surface area contributed by atoms with Crippen molar-refractivity contribution in [3.05, 3.63) is 153 Å². The number of Topliss-reactive ketones (excluding diaryl/α,β-unsaturated/α-hetero) is 2. The number of hydrogen-bond acceptors (Lipinski definition) is 17. The predicted molar refractivity (Wildman–Crippen MR) is 341 cm³/mol. The van der Waals surface area contributed by atoms with Crippen molar-refractivity contribution in [2.45, 2.75) is 90.9 Å². The third-order valence-corrected chi connectivity index (χ3v) is 14.8. The van der Waals surface area contributed by atoms with Gasteiger partial charge in [-0.05, 0) is 105 Å². The number of amides is 1. The highest BCUT2D eigenvalue weighted by molar-refractivity contribution is 9.10. The van der Waals surface area contributed by atoms with E-state index in [1.807, 2.05) is 79.7 Å². The van der Waals surface area contributed by atoms with Crippen LogP contribution in [0.1, 0.15) is 83.5 Å². The van der Waals surface area contributed by atoms with Crippen LogP contribution >= 0.6 is 57.8 Å². The number of allylic oxidation sites excluding steroid dienone is 2. The molecule has 1 amide bonds. The standard InChI is InChI=1S/C29H25BrFN7O2.C16H14N4O3.C13H13BrFN3.ClH.S2.H2S/c1-16(39)29-21-10-18(19-12-32-17(2)33-13-19)6-9-25(21)38(36-29)15-28(40)37-14-20(31)11-26(37)24-8-7-23(34-24)22-4-3-5-27(30)35-22;1-9(21)16-13-5-11(12-6-17-10(2)18-7-12)3-4-14(13)20(19-16)8-15(22)23;14-13-3-1-2-9(18-13)10-4-5-11(17-10)12-6-8(15)7-16-12;;1-2;/h3-7,9-10,12-13,20,26H,8,11,14-15H2,1-2H3;3-7H,8H2,1-2H3,(H,22,23);1-4,8,12,16H,5-7H2;1H;;1H2/t20-,26+;;8-,12+;;;/m1.1.../s1. The Morgan fingerprint density at radius 1 is 0.659 bits per heavy atom. The van der Waals surface area contributed by atoms with Crippen molar-refractivity contribution in [1.29, 1.82) is 0 Å². The van der Waals surface area contributed by atoms with Crippen LogP contribution in [0.2, 0.25) is 0 Å². The molecule has 10 heterocycles. The highest BCUT2D eigenvalue weighted by Gasteiger charge is 2.39. The zero-order valence-corrected chi connectivity index (χ0v) is 52.6. The fourth-order valence-electron chi connectivity index (χ4n) is 9.98. The minimum absolute atomic E-state index is 0. The number of benzene rings is 2. The van der Waals surface area contributed by atoms with E-state index < -0.39 is 24.4 Å². The summed E-state index contributed by atoms with van der Waals surface area (Å²) in [5.74, 6) is -0.379. The average molecular weight is 1360 g/mol. The van der Waals surface area contributed by atoms with Gasteiger partial charge in [-0.2, -0.15) is 23.7 Å². The molecule has 4 aliphatic heterocycles. The van der Waals surface area contributed by atoms with Gasteiger partial charge in [-0.25, -0.2) is 38.7 Å². The Kier molecular flexibility index (Phi) is 22.5. The first-order valence-electron chi connectivity index (χ1n) is 26.1. The fraction of sp³-hybridized carbons (Fsp3) is 0.276. The lowest BCUT2D eigenvalue weighted by Gasteiger charge is -2.24. The van der Waals surface area contributed by atoms with Gasteiger partial charge in [-0.3, -0.25) is 38.5 Å². The summed E-state index contributed by atoms with van der Waals surface area (Å²) in [6, 6.07) is 21.9. The predicted octanol–water partition coefficient (Wildman–Crippen LogP) is 10.3. The molecular weight excluding hydrogens is 1300 g/mol. The third-order valence-electron chi connectivity index (χ3n) is 13.9. The Morgan fingerprint density at radius 2 is 1.13 bits per heavy atom. The van der Waals surface area contributed by atoms with Crippen LogP contribution in [0.3, 0.4) is 0 Å². The molecule has 27 heteroatoms. The van der Waals surface area contributed by atoms with Crippen molar-refractivity contribution in [3.63, 3.8) is 0 Å². The number of carbonyl (C=O) groups excluding carboxylic acids is 3. The lowest BCUT2D eigenvalue weighted by molar-refractivity contribution is -0.137. The SMILES string of the molecule is CC(=O)c1nn(CC(=O)N2C[C@H](F)C[C@H]2C2=NC(c3cccc(Br)n3)=CC2)c2ccc(-c3cnc(C)nc3)cc12.CC(=O)c1nn(CC(=O)O)c2ccc(-c3cnc(C)nc3)cc12.Cl.F[C@H]1CN[C@H](C2=NC(c3cccc(Br)n3)=CC2)C1.S.S=S. The van der Waals surface area contributed by atoms with Gasteiger partial charge in [0.15, 0.2) is 11.6 Å². The van der Waals surface area contributed by atoms with Crippen molar-refractivity contribution in [1.82, 2.24) is 59.7 Å². The molecule has 2 saturated heterocycles. The smallest absolute Gasteiger partial charge is 0.325 e. The van der Waals surface area contributed by atoms with Crippen LogP contribution in [0.4, 0.5) is 8.78 Å². The van der Waals surface area contributed by atoms with Crippen LogP contribution in [-0.2, 0) is 45.1 Å². The molecule has 4 atom stereocenters. The van der Waals surface area contributed by atoms with Crippen molar-refractivity contribution in [2.75, 3.05) is 13.1 Å². The molecule has 2 aromatic carbocycles. The minimum Gasteiger partial charge on any atom is -0.480 e. The van der Waals surface area contributed by atoms with Gasteiger partial charge in [0.05, 0.1) is 46.4 Å². The zero-order valence-electron chi connectivity index (χ0n) is 46.0. The summed E-state index contributed by atoms with van der Waals surface area (Å²) in [6.45, 7) is 6.48. The average Bonchev–Trinajstić information content (AvgIpc) is 3.25.